The van der Waals surface area contributed by atoms with Crippen molar-refractivity contribution in [2.24, 2.45) is 16.8 Å². The molecule has 1 rings (SSSR count). The number of nitrogens with two attached hydrogens (primary N) is 1. The highest BCUT2D eigenvalue weighted by Gasteiger charge is 2.22. The molecule has 17 heavy (non-hydrogen) atoms. The largest absolute Gasteiger partial charge is 0.339 e. The molecule has 1 unspecified atom stereocenters. The lowest BCUT2D eigenvalue weighted by atomic mass is 10.1. The molecule has 1 aliphatic heterocycles. The Morgan fingerprint density at radius 3 is 2.76 bits per heavy atom. The fourth-order valence-electron chi connectivity index (χ4n) is 2.37. The van der Waals surface area contributed by atoms with E-state index in [9.17, 15) is 0 Å². The van der Waals surface area contributed by atoms with Crippen molar-refractivity contribution < 1.29 is 0 Å². The average molecular weight is 240 g/mol. The summed E-state index contributed by atoms with van der Waals surface area (Å²) in [7, 11) is 0. The van der Waals surface area contributed by atoms with Gasteiger partial charge in [0.1, 0.15) is 0 Å². The third-order valence-corrected chi connectivity index (χ3v) is 3.36. The quantitative estimate of drug-likeness (QED) is 0.344. The van der Waals surface area contributed by atoms with Crippen LogP contribution in [-0.4, -0.2) is 30.0 Å². The summed E-state index contributed by atoms with van der Waals surface area (Å²) in [4.78, 5) is 6.98. The number of nitrogens with zero attached hydrogens (tertiary/aromatic N) is 2. The van der Waals surface area contributed by atoms with Crippen molar-refractivity contribution in [3.63, 3.8) is 0 Å². The fourth-order valence-corrected chi connectivity index (χ4v) is 2.37. The van der Waals surface area contributed by atoms with Crippen LogP contribution >= 0.6 is 0 Å². The van der Waals surface area contributed by atoms with Gasteiger partial charge in [-0.1, -0.05) is 33.6 Å². The molecule has 0 saturated carbocycles. The molecule has 0 spiro atoms. The van der Waals surface area contributed by atoms with Gasteiger partial charge in [-0.2, -0.15) is 0 Å². The van der Waals surface area contributed by atoms with E-state index in [1.165, 1.54) is 32.1 Å². The monoisotopic (exact) mass is 240 g/mol. The first-order chi connectivity index (χ1) is 8.19. The highest BCUT2D eigenvalue weighted by Crippen LogP contribution is 2.19. The maximum absolute atomic E-state index is 5.64. The highest BCUT2D eigenvalue weighted by atomic mass is 15.4. The number of rotatable bonds is 3. The third-order valence-electron chi connectivity index (χ3n) is 3.36. The molecule has 0 amide bonds. The van der Waals surface area contributed by atoms with E-state index in [4.69, 9.17) is 5.84 Å². The van der Waals surface area contributed by atoms with Crippen LogP contribution in [0.2, 0.25) is 0 Å². The third kappa shape index (κ3) is 4.54. The van der Waals surface area contributed by atoms with Gasteiger partial charge in [-0.05, 0) is 25.2 Å². The van der Waals surface area contributed by atoms with Gasteiger partial charge >= 0.3 is 0 Å². The van der Waals surface area contributed by atoms with Gasteiger partial charge in [0.15, 0.2) is 0 Å². The first kappa shape index (κ1) is 14.3. The van der Waals surface area contributed by atoms with Crippen molar-refractivity contribution >= 4 is 5.96 Å². The molecule has 1 heterocycles. The van der Waals surface area contributed by atoms with E-state index in [1.807, 2.05) is 0 Å². The molecule has 1 saturated heterocycles. The molecule has 0 radical (unpaired) electrons. The maximum atomic E-state index is 5.64. The minimum atomic E-state index is 0.574. The van der Waals surface area contributed by atoms with Crippen LogP contribution in [0.3, 0.4) is 0 Å². The Kier molecular flexibility index (Phi) is 6.34. The summed E-state index contributed by atoms with van der Waals surface area (Å²) in [6.07, 6.45) is 6.34. The number of hydrazine groups is 1. The van der Waals surface area contributed by atoms with Crippen LogP contribution in [0.15, 0.2) is 4.99 Å². The SMILES string of the molecule is CCC1CCCCCN1C(=NCC(C)C)NN. The van der Waals surface area contributed by atoms with E-state index in [2.05, 4.69) is 36.1 Å². The Hall–Kier alpha value is -0.770. The second-order valence-electron chi connectivity index (χ2n) is 5.31. The second kappa shape index (κ2) is 7.54. The Morgan fingerprint density at radius 2 is 2.18 bits per heavy atom. The van der Waals surface area contributed by atoms with Gasteiger partial charge in [-0.25, -0.2) is 5.84 Å². The summed E-state index contributed by atoms with van der Waals surface area (Å²) in [5, 5.41) is 0. The molecule has 0 aromatic heterocycles. The normalized spacial score (nSPS) is 22.8. The average Bonchev–Trinajstić information content (AvgIpc) is 2.55. The summed E-state index contributed by atoms with van der Waals surface area (Å²) in [5.74, 6) is 7.09. The summed E-state index contributed by atoms with van der Waals surface area (Å²) in [6.45, 7) is 8.53. The summed E-state index contributed by atoms with van der Waals surface area (Å²) >= 11 is 0. The van der Waals surface area contributed by atoms with E-state index in [0.717, 1.165) is 19.0 Å². The zero-order valence-electron chi connectivity index (χ0n) is 11.6. The van der Waals surface area contributed by atoms with E-state index in [0.29, 0.717) is 12.0 Å². The first-order valence-corrected chi connectivity index (χ1v) is 6.96. The smallest absolute Gasteiger partial charge is 0.208 e. The number of aliphatic imine (C=N–C) groups is 1. The minimum absolute atomic E-state index is 0.574. The molecule has 3 N–H and O–H groups in total. The Morgan fingerprint density at radius 1 is 1.41 bits per heavy atom. The number of nitrogens with one attached hydrogen (secondary N) is 1. The summed E-state index contributed by atoms with van der Waals surface area (Å²) in [6, 6.07) is 0.597. The molecule has 0 bridgehead atoms. The predicted molar refractivity (Wildman–Crippen MR) is 73.7 cm³/mol. The lowest BCUT2D eigenvalue weighted by molar-refractivity contribution is 0.296. The van der Waals surface area contributed by atoms with Gasteiger partial charge in [-0.15, -0.1) is 0 Å². The van der Waals surface area contributed by atoms with Gasteiger partial charge in [0.05, 0.1) is 0 Å². The number of hydrogen-bond donors (Lipinski definition) is 2. The van der Waals surface area contributed by atoms with E-state index in [-0.39, 0.29) is 0 Å². The van der Waals surface area contributed by atoms with Crippen LogP contribution in [0.4, 0.5) is 0 Å². The molecule has 0 aromatic carbocycles. The van der Waals surface area contributed by atoms with Crippen LogP contribution < -0.4 is 11.3 Å². The van der Waals surface area contributed by atoms with E-state index < -0.39 is 0 Å². The molecular formula is C13H28N4. The fraction of sp³-hybridized carbons (Fsp3) is 0.923. The topological polar surface area (TPSA) is 53.6 Å². The lowest BCUT2D eigenvalue weighted by Gasteiger charge is -2.31. The molecule has 0 aliphatic carbocycles. The predicted octanol–water partition coefficient (Wildman–Crippen LogP) is 2.12. The van der Waals surface area contributed by atoms with Gasteiger partial charge in [0, 0.05) is 19.1 Å². The second-order valence-corrected chi connectivity index (χ2v) is 5.31. The molecule has 100 valence electrons. The van der Waals surface area contributed by atoms with Gasteiger partial charge in [0.25, 0.3) is 0 Å². The van der Waals surface area contributed by atoms with E-state index in [1.54, 1.807) is 0 Å². The molecular weight excluding hydrogens is 212 g/mol. The van der Waals surface area contributed by atoms with Crippen molar-refractivity contribution in [3.05, 3.63) is 0 Å². The van der Waals surface area contributed by atoms with Crippen molar-refractivity contribution in [1.29, 1.82) is 0 Å². The lowest BCUT2D eigenvalue weighted by Crippen LogP contribution is -2.49. The van der Waals surface area contributed by atoms with Gasteiger partial charge in [0.2, 0.25) is 5.96 Å². The standard InChI is InChI=1S/C13H28N4/c1-4-12-8-6-5-7-9-17(12)13(16-14)15-10-11(2)3/h11-12H,4-10,14H2,1-3H3,(H,15,16). The van der Waals surface area contributed by atoms with Gasteiger partial charge < -0.3 is 4.90 Å². The Labute approximate surface area is 106 Å². The number of hydrogen-bond acceptors (Lipinski definition) is 2. The minimum Gasteiger partial charge on any atom is -0.339 e. The maximum Gasteiger partial charge on any atom is 0.208 e. The first-order valence-electron chi connectivity index (χ1n) is 6.96. The summed E-state index contributed by atoms with van der Waals surface area (Å²) in [5.41, 5.74) is 2.80. The van der Waals surface area contributed by atoms with Crippen LogP contribution in [0.25, 0.3) is 0 Å². The van der Waals surface area contributed by atoms with Crippen molar-refractivity contribution in [2.75, 3.05) is 13.1 Å². The zero-order chi connectivity index (χ0) is 12.7. The Balaban J connectivity index is 2.71. The molecule has 1 aliphatic rings. The van der Waals surface area contributed by atoms with Crippen molar-refractivity contribution in [2.45, 2.75) is 58.9 Å². The van der Waals surface area contributed by atoms with Crippen molar-refractivity contribution in [3.8, 4) is 0 Å². The van der Waals surface area contributed by atoms with Crippen LogP contribution in [0.5, 0.6) is 0 Å². The molecule has 4 nitrogen and oxygen atoms in total. The number of likely N-dealkylation sites (tertiary alicyclic amines) is 1. The molecule has 4 heteroatoms. The molecule has 1 fully saturated rings. The van der Waals surface area contributed by atoms with Crippen LogP contribution in [0, 0.1) is 5.92 Å². The van der Waals surface area contributed by atoms with Crippen molar-refractivity contribution in [1.82, 2.24) is 10.3 Å². The van der Waals surface area contributed by atoms with E-state index >= 15 is 0 Å². The zero-order valence-corrected chi connectivity index (χ0v) is 11.6. The molecule has 0 aromatic rings. The van der Waals surface area contributed by atoms with Gasteiger partial charge in [-0.3, -0.25) is 10.4 Å². The Bertz CT molecular complexity index is 238. The number of guanidine groups is 1. The highest BCUT2D eigenvalue weighted by molar-refractivity contribution is 5.79. The summed E-state index contributed by atoms with van der Waals surface area (Å²) < 4.78 is 0. The van der Waals surface area contributed by atoms with Crippen LogP contribution in [0.1, 0.15) is 52.9 Å². The molecule has 1 atom stereocenters. The van der Waals surface area contributed by atoms with Crippen LogP contribution in [-0.2, 0) is 0 Å².